The van der Waals surface area contributed by atoms with Crippen molar-refractivity contribution in [1.29, 1.82) is 0 Å². The van der Waals surface area contributed by atoms with Crippen LogP contribution in [0.15, 0.2) is 12.4 Å². The molecule has 76 valence electrons. The maximum absolute atomic E-state index is 12.7. The van der Waals surface area contributed by atoms with Crippen LogP contribution in [-0.2, 0) is 0 Å². The van der Waals surface area contributed by atoms with Crippen LogP contribution in [0.5, 0.6) is 0 Å². The molecular weight excluding hydrogens is 181 g/mol. The van der Waals surface area contributed by atoms with Crippen LogP contribution in [0, 0.1) is 17.8 Å². The van der Waals surface area contributed by atoms with Crippen LogP contribution in [0.25, 0.3) is 0 Å². The molecule has 1 fully saturated rings. The van der Waals surface area contributed by atoms with E-state index in [4.69, 9.17) is 0 Å². The second kappa shape index (κ2) is 3.90. The van der Waals surface area contributed by atoms with Gasteiger partial charge in [0, 0.05) is 12.6 Å². The van der Waals surface area contributed by atoms with Gasteiger partial charge >= 0.3 is 0 Å². The first-order valence-electron chi connectivity index (χ1n) is 4.95. The highest BCUT2D eigenvalue weighted by Gasteiger charge is 2.24. The van der Waals surface area contributed by atoms with E-state index in [0.29, 0.717) is 5.82 Å². The summed E-state index contributed by atoms with van der Waals surface area (Å²) in [6, 6.07) is 1.32. The lowest BCUT2D eigenvalue weighted by Gasteiger charge is -2.32. The third-order valence-corrected chi connectivity index (χ3v) is 2.68. The molecule has 1 saturated carbocycles. The molecule has 1 aliphatic carbocycles. The highest BCUT2D eigenvalue weighted by molar-refractivity contribution is 5.32. The maximum atomic E-state index is 12.7. The van der Waals surface area contributed by atoms with Gasteiger partial charge in [-0.1, -0.05) is 6.92 Å². The van der Waals surface area contributed by atoms with Gasteiger partial charge in [0.05, 0.1) is 0 Å². The number of nitrogens with one attached hydrogen (secondary N) is 1. The fraction of sp³-hybridized carbons (Fsp3) is 0.600. The molecule has 0 amide bonds. The number of halogens is 1. The van der Waals surface area contributed by atoms with Crippen LogP contribution in [0.4, 0.5) is 10.2 Å². The van der Waals surface area contributed by atoms with Crippen molar-refractivity contribution in [3.05, 3.63) is 18.3 Å². The summed E-state index contributed by atoms with van der Waals surface area (Å²) in [6.45, 7) is 3.14. The van der Waals surface area contributed by atoms with Crippen molar-refractivity contribution in [2.75, 3.05) is 11.9 Å². The van der Waals surface area contributed by atoms with Gasteiger partial charge in [-0.3, -0.25) is 0 Å². The number of nitrogens with zero attached hydrogens (tertiary/aromatic N) is 2. The van der Waals surface area contributed by atoms with E-state index in [1.807, 2.05) is 0 Å². The quantitative estimate of drug-likeness (QED) is 0.750. The van der Waals surface area contributed by atoms with E-state index >= 15 is 0 Å². The third-order valence-electron chi connectivity index (χ3n) is 2.68. The highest BCUT2D eigenvalue weighted by atomic mass is 19.1. The van der Waals surface area contributed by atoms with Crippen molar-refractivity contribution in [3.8, 4) is 0 Å². The van der Waals surface area contributed by atoms with Gasteiger partial charge in [-0.2, -0.15) is 4.39 Å². The Labute approximate surface area is 82.8 Å². The monoisotopic (exact) mass is 195 g/mol. The van der Waals surface area contributed by atoms with Crippen LogP contribution >= 0.6 is 0 Å². The lowest BCUT2D eigenvalue weighted by molar-refractivity contribution is 0.225. The normalized spacial score (nSPS) is 25.6. The summed E-state index contributed by atoms with van der Waals surface area (Å²) < 4.78 is 12.7. The maximum Gasteiger partial charge on any atom is 0.217 e. The molecule has 1 N–H and O–H groups in total. The molecule has 0 spiro atoms. The molecule has 1 aromatic rings. The minimum atomic E-state index is -0.482. The number of hydrogen-bond donors (Lipinski definition) is 1. The summed E-state index contributed by atoms with van der Waals surface area (Å²) in [5, 5.41) is 3.12. The first-order valence-corrected chi connectivity index (χ1v) is 4.95. The Balaban J connectivity index is 1.80. The summed E-state index contributed by atoms with van der Waals surface area (Å²) in [5.41, 5.74) is 0. The smallest absolute Gasteiger partial charge is 0.217 e. The summed E-state index contributed by atoms with van der Waals surface area (Å²) in [7, 11) is 0. The molecule has 2 rings (SSSR count). The summed E-state index contributed by atoms with van der Waals surface area (Å²) in [6.07, 6.45) is 3.77. The second-order valence-electron chi connectivity index (χ2n) is 4.05. The Kier molecular flexibility index (Phi) is 2.61. The van der Waals surface area contributed by atoms with E-state index in [1.54, 1.807) is 0 Å². The number of rotatable bonds is 3. The van der Waals surface area contributed by atoms with E-state index in [-0.39, 0.29) is 0 Å². The number of hydrogen-bond acceptors (Lipinski definition) is 3. The SMILES string of the molecule is CC1CC(CNc2cc(F)ncn2)C1. The molecule has 0 atom stereocenters. The first kappa shape index (κ1) is 9.37. The molecule has 1 heterocycles. The van der Waals surface area contributed by atoms with Gasteiger partial charge in [-0.15, -0.1) is 0 Å². The van der Waals surface area contributed by atoms with Crippen LogP contribution in [0.2, 0.25) is 0 Å². The van der Waals surface area contributed by atoms with E-state index in [1.165, 1.54) is 25.2 Å². The Morgan fingerprint density at radius 2 is 2.29 bits per heavy atom. The number of aromatic nitrogens is 2. The Hall–Kier alpha value is -1.19. The van der Waals surface area contributed by atoms with E-state index < -0.39 is 5.95 Å². The van der Waals surface area contributed by atoms with E-state index in [0.717, 1.165) is 18.4 Å². The second-order valence-corrected chi connectivity index (χ2v) is 4.05. The summed E-state index contributed by atoms with van der Waals surface area (Å²) >= 11 is 0. The number of anilines is 1. The molecule has 3 nitrogen and oxygen atoms in total. The molecule has 1 aliphatic rings. The van der Waals surface area contributed by atoms with Crippen molar-refractivity contribution in [1.82, 2.24) is 9.97 Å². The van der Waals surface area contributed by atoms with Gasteiger partial charge in [-0.25, -0.2) is 9.97 Å². The van der Waals surface area contributed by atoms with E-state index in [9.17, 15) is 4.39 Å². The zero-order valence-corrected chi connectivity index (χ0v) is 8.20. The lowest BCUT2D eigenvalue weighted by atomic mass is 9.76. The average Bonchev–Trinajstić information content (AvgIpc) is 2.11. The standard InChI is InChI=1S/C10H14FN3/c1-7-2-8(3-7)5-12-10-4-9(11)13-6-14-10/h4,6-8H,2-3,5H2,1H3,(H,12,13,14). The van der Waals surface area contributed by atoms with Gasteiger partial charge in [0.1, 0.15) is 12.1 Å². The van der Waals surface area contributed by atoms with Crippen LogP contribution in [0.3, 0.4) is 0 Å². The molecule has 0 unspecified atom stereocenters. The molecule has 0 radical (unpaired) electrons. The van der Waals surface area contributed by atoms with Crippen LogP contribution in [-0.4, -0.2) is 16.5 Å². The third kappa shape index (κ3) is 2.19. The molecular formula is C10H14FN3. The van der Waals surface area contributed by atoms with Crippen molar-refractivity contribution >= 4 is 5.82 Å². The van der Waals surface area contributed by atoms with Crippen molar-refractivity contribution in [3.63, 3.8) is 0 Å². The van der Waals surface area contributed by atoms with Gasteiger partial charge in [-0.05, 0) is 24.7 Å². The zero-order valence-electron chi connectivity index (χ0n) is 8.20. The van der Waals surface area contributed by atoms with Gasteiger partial charge in [0.2, 0.25) is 5.95 Å². The summed E-state index contributed by atoms with van der Waals surface area (Å²) in [5.74, 6) is 1.67. The van der Waals surface area contributed by atoms with E-state index in [2.05, 4.69) is 22.2 Å². The van der Waals surface area contributed by atoms with Gasteiger partial charge < -0.3 is 5.32 Å². The minimum absolute atomic E-state index is 0.482. The molecule has 1 aromatic heterocycles. The molecule has 0 saturated heterocycles. The average molecular weight is 195 g/mol. The predicted molar refractivity (Wildman–Crippen MR) is 52.4 cm³/mol. The minimum Gasteiger partial charge on any atom is -0.370 e. The van der Waals surface area contributed by atoms with Crippen molar-refractivity contribution < 1.29 is 4.39 Å². The lowest BCUT2D eigenvalue weighted by Crippen LogP contribution is -2.27. The fourth-order valence-electron chi connectivity index (χ4n) is 1.91. The largest absolute Gasteiger partial charge is 0.370 e. The van der Waals surface area contributed by atoms with Crippen molar-refractivity contribution in [2.45, 2.75) is 19.8 Å². The van der Waals surface area contributed by atoms with Crippen LogP contribution in [0.1, 0.15) is 19.8 Å². The summed E-state index contributed by atoms with van der Waals surface area (Å²) in [4.78, 5) is 7.32. The molecule has 0 aliphatic heterocycles. The Bertz CT molecular complexity index is 310. The van der Waals surface area contributed by atoms with Crippen molar-refractivity contribution in [2.24, 2.45) is 11.8 Å². The molecule has 4 heteroatoms. The molecule has 14 heavy (non-hydrogen) atoms. The Morgan fingerprint density at radius 1 is 1.50 bits per heavy atom. The zero-order chi connectivity index (χ0) is 9.97. The molecule has 0 bridgehead atoms. The fourth-order valence-corrected chi connectivity index (χ4v) is 1.91. The highest BCUT2D eigenvalue weighted by Crippen LogP contribution is 2.32. The topological polar surface area (TPSA) is 37.8 Å². The first-order chi connectivity index (χ1) is 6.74. The van der Waals surface area contributed by atoms with Crippen LogP contribution < -0.4 is 5.32 Å². The Morgan fingerprint density at radius 3 is 2.93 bits per heavy atom. The molecule has 0 aromatic carbocycles. The van der Waals surface area contributed by atoms with Gasteiger partial charge in [0.15, 0.2) is 0 Å². The predicted octanol–water partition coefficient (Wildman–Crippen LogP) is 2.07. The van der Waals surface area contributed by atoms with Gasteiger partial charge in [0.25, 0.3) is 0 Å².